The zero-order valence-corrected chi connectivity index (χ0v) is 13.7. The molecule has 0 fully saturated rings. The third-order valence-corrected chi connectivity index (χ3v) is 4.74. The number of nitrogens with one attached hydrogen (secondary N) is 1. The van der Waals surface area contributed by atoms with Crippen molar-refractivity contribution in [3.63, 3.8) is 0 Å². The molecule has 110 valence electrons. The molecule has 4 nitrogen and oxygen atoms in total. The predicted octanol–water partition coefficient (Wildman–Crippen LogP) is 3.44. The average Bonchev–Trinajstić information content (AvgIpc) is 2.48. The minimum absolute atomic E-state index is 0.00652. The normalized spacial score (nSPS) is 11.1. The van der Waals surface area contributed by atoms with Crippen LogP contribution in [0.3, 0.4) is 0 Å². The van der Waals surface area contributed by atoms with Gasteiger partial charge in [0.25, 0.3) is 0 Å². The van der Waals surface area contributed by atoms with E-state index >= 15 is 0 Å². The van der Waals surface area contributed by atoms with Gasteiger partial charge in [0.15, 0.2) is 5.78 Å². The van der Waals surface area contributed by atoms with E-state index in [2.05, 4.69) is 20.7 Å². The number of rotatable bonds is 5. The molecule has 0 heterocycles. The van der Waals surface area contributed by atoms with Crippen LogP contribution in [-0.2, 0) is 10.0 Å². The molecule has 0 aromatic heterocycles. The summed E-state index contributed by atoms with van der Waals surface area (Å²) >= 11 is 3.32. The van der Waals surface area contributed by atoms with Crippen LogP contribution in [0.25, 0.3) is 0 Å². The quantitative estimate of drug-likeness (QED) is 0.823. The number of benzene rings is 2. The van der Waals surface area contributed by atoms with Gasteiger partial charge in [0, 0.05) is 21.3 Å². The first kappa shape index (κ1) is 15.7. The molecule has 0 aliphatic carbocycles. The van der Waals surface area contributed by atoms with Crippen molar-refractivity contribution in [1.29, 1.82) is 0 Å². The molecule has 21 heavy (non-hydrogen) atoms. The smallest absolute Gasteiger partial charge is 0.232 e. The van der Waals surface area contributed by atoms with Gasteiger partial charge in [-0.25, -0.2) is 8.42 Å². The molecular formula is C15H14BrNO3S. The highest BCUT2D eigenvalue weighted by molar-refractivity contribution is 9.10. The largest absolute Gasteiger partial charge is 0.289 e. The molecule has 0 unspecified atom stereocenters. The van der Waals surface area contributed by atoms with Crippen LogP contribution in [-0.4, -0.2) is 20.0 Å². The van der Waals surface area contributed by atoms with Gasteiger partial charge in [-0.15, -0.1) is 0 Å². The van der Waals surface area contributed by atoms with Gasteiger partial charge in [0.05, 0.1) is 5.75 Å². The van der Waals surface area contributed by atoms with Crippen LogP contribution in [0.2, 0.25) is 0 Å². The van der Waals surface area contributed by atoms with Crippen molar-refractivity contribution in [2.75, 3.05) is 10.5 Å². The van der Waals surface area contributed by atoms with E-state index in [9.17, 15) is 13.2 Å². The van der Waals surface area contributed by atoms with Gasteiger partial charge < -0.3 is 0 Å². The minimum Gasteiger partial charge on any atom is -0.289 e. The van der Waals surface area contributed by atoms with Gasteiger partial charge in [-0.3, -0.25) is 9.52 Å². The summed E-state index contributed by atoms with van der Waals surface area (Å²) in [6.07, 6.45) is 0. The van der Waals surface area contributed by atoms with Crippen LogP contribution >= 0.6 is 15.9 Å². The Labute approximate surface area is 132 Å². The van der Waals surface area contributed by atoms with E-state index in [4.69, 9.17) is 0 Å². The summed E-state index contributed by atoms with van der Waals surface area (Å²) in [5.74, 6) is -0.0977. The summed E-state index contributed by atoms with van der Waals surface area (Å²) in [4.78, 5) is 12.3. The zero-order valence-electron chi connectivity index (χ0n) is 11.3. The molecule has 2 rings (SSSR count). The first-order valence-electron chi connectivity index (χ1n) is 6.32. The summed E-state index contributed by atoms with van der Waals surface area (Å²) in [5.41, 5.74) is 1.54. The maximum atomic E-state index is 12.3. The SMILES string of the molecule is CCS(=O)(=O)Nc1ccc(C(=O)c2ccc(Br)cc2)cc1. The monoisotopic (exact) mass is 367 g/mol. The lowest BCUT2D eigenvalue weighted by Gasteiger charge is -2.07. The van der Waals surface area contributed by atoms with Gasteiger partial charge in [-0.2, -0.15) is 0 Å². The van der Waals surface area contributed by atoms with Crippen molar-refractivity contribution in [2.24, 2.45) is 0 Å². The first-order chi connectivity index (χ1) is 9.91. The number of hydrogen-bond donors (Lipinski definition) is 1. The third-order valence-electron chi connectivity index (χ3n) is 2.91. The Morgan fingerprint density at radius 1 is 1.00 bits per heavy atom. The lowest BCUT2D eigenvalue weighted by Crippen LogP contribution is -2.14. The Morgan fingerprint density at radius 3 is 1.95 bits per heavy atom. The summed E-state index contributed by atoms with van der Waals surface area (Å²) in [6.45, 7) is 1.56. The van der Waals surface area contributed by atoms with E-state index in [1.54, 1.807) is 55.5 Å². The Kier molecular flexibility index (Phi) is 4.80. The predicted molar refractivity (Wildman–Crippen MR) is 87.1 cm³/mol. The minimum atomic E-state index is -3.30. The van der Waals surface area contributed by atoms with E-state index in [1.807, 2.05) is 0 Å². The summed E-state index contributed by atoms with van der Waals surface area (Å²) < 4.78 is 26.3. The second kappa shape index (κ2) is 6.41. The van der Waals surface area contributed by atoms with Crippen LogP contribution in [0.1, 0.15) is 22.8 Å². The van der Waals surface area contributed by atoms with Gasteiger partial charge >= 0.3 is 0 Å². The van der Waals surface area contributed by atoms with Crippen molar-refractivity contribution < 1.29 is 13.2 Å². The molecule has 0 saturated heterocycles. The fourth-order valence-electron chi connectivity index (χ4n) is 1.71. The standard InChI is InChI=1S/C15H14BrNO3S/c1-2-21(19,20)17-14-9-5-12(6-10-14)15(18)11-3-7-13(16)8-4-11/h3-10,17H,2H2,1H3. The molecule has 0 saturated carbocycles. The van der Waals surface area contributed by atoms with Gasteiger partial charge in [-0.05, 0) is 55.5 Å². The fourth-order valence-corrected chi connectivity index (χ4v) is 2.61. The van der Waals surface area contributed by atoms with E-state index in [1.165, 1.54) is 0 Å². The number of ketones is 1. The number of halogens is 1. The maximum absolute atomic E-state index is 12.3. The average molecular weight is 368 g/mol. The summed E-state index contributed by atoms with van der Waals surface area (Å²) in [7, 11) is -3.30. The maximum Gasteiger partial charge on any atom is 0.232 e. The lowest BCUT2D eigenvalue weighted by molar-refractivity contribution is 0.103. The molecule has 0 bridgehead atoms. The Morgan fingerprint density at radius 2 is 1.48 bits per heavy atom. The van der Waals surface area contributed by atoms with Crippen LogP contribution < -0.4 is 4.72 Å². The van der Waals surface area contributed by atoms with E-state index in [0.717, 1.165) is 4.47 Å². The van der Waals surface area contributed by atoms with Crippen LogP contribution in [0.5, 0.6) is 0 Å². The molecule has 0 aliphatic rings. The summed E-state index contributed by atoms with van der Waals surface area (Å²) in [6, 6.07) is 13.5. The van der Waals surface area contributed by atoms with E-state index in [-0.39, 0.29) is 11.5 Å². The molecule has 1 N–H and O–H groups in total. The summed E-state index contributed by atoms with van der Waals surface area (Å²) in [5, 5.41) is 0. The molecule has 0 aliphatic heterocycles. The third kappa shape index (κ3) is 4.15. The Balaban J connectivity index is 2.19. The van der Waals surface area contributed by atoms with Gasteiger partial charge in [0.2, 0.25) is 10.0 Å². The van der Waals surface area contributed by atoms with Crippen molar-refractivity contribution in [3.05, 3.63) is 64.1 Å². The molecule has 0 atom stereocenters. The highest BCUT2D eigenvalue weighted by atomic mass is 79.9. The number of anilines is 1. The van der Waals surface area contributed by atoms with Crippen LogP contribution in [0.4, 0.5) is 5.69 Å². The molecule has 6 heteroatoms. The van der Waals surface area contributed by atoms with E-state index < -0.39 is 10.0 Å². The fraction of sp³-hybridized carbons (Fsp3) is 0.133. The topological polar surface area (TPSA) is 63.2 Å². The molecule has 0 radical (unpaired) electrons. The van der Waals surface area contributed by atoms with Crippen LogP contribution in [0, 0.1) is 0 Å². The van der Waals surface area contributed by atoms with Crippen molar-refractivity contribution in [2.45, 2.75) is 6.92 Å². The second-order valence-electron chi connectivity index (χ2n) is 4.42. The Bertz CT molecular complexity index is 737. The van der Waals surface area contributed by atoms with Gasteiger partial charge in [-0.1, -0.05) is 15.9 Å². The van der Waals surface area contributed by atoms with E-state index in [0.29, 0.717) is 16.8 Å². The number of carbonyl (C=O) groups excluding carboxylic acids is 1. The van der Waals surface area contributed by atoms with Crippen LogP contribution in [0.15, 0.2) is 53.0 Å². The zero-order chi connectivity index (χ0) is 15.5. The van der Waals surface area contributed by atoms with Crippen molar-refractivity contribution in [1.82, 2.24) is 0 Å². The Hall–Kier alpha value is -1.66. The highest BCUT2D eigenvalue weighted by Crippen LogP contribution is 2.17. The first-order valence-corrected chi connectivity index (χ1v) is 8.76. The van der Waals surface area contributed by atoms with Gasteiger partial charge in [0.1, 0.15) is 0 Å². The number of carbonyl (C=O) groups is 1. The molecule has 0 spiro atoms. The molecular weight excluding hydrogens is 354 g/mol. The van der Waals surface area contributed by atoms with Crippen molar-refractivity contribution >= 4 is 37.4 Å². The molecule has 2 aromatic carbocycles. The number of sulfonamides is 1. The van der Waals surface area contributed by atoms with Crippen molar-refractivity contribution in [3.8, 4) is 0 Å². The highest BCUT2D eigenvalue weighted by Gasteiger charge is 2.10. The second-order valence-corrected chi connectivity index (χ2v) is 7.35. The lowest BCUT2D eigenvalue weighted by atomic mass is 10.0. The number of hydrogen-bond acceptors (Lipinski definition) is 3. The molecule has 0 amide bonds. The molecule has 2 aromatic rings.